The molecule has 2 amide bonds. The second-order valence-electron chi connectivity index (χ2n) is 7.89. The molecule has 2 aromatic rings. The average molecular weight is 396 g/mol. The van der Waals surface area contributed by atoms with Crippen molar-refractivity contribution in [3.8, 4) is 0 Å². The maximum Gasteiger partial charge on any atom is 0.291 e. The number of furan rings is 1. The third kappa shape index (κ3) is 4.96. The molecule has 2 aliphatic rings. The molecule has 1 saturated carbocycles. The van der Waals surface area contributed by atoms with E-state index in [1.807, 2.05) is 17.0 Å². The molecule has 0 unspecified atom stereocenters. The van der Waals surface area contributed by atoms with Crippen molar-refractivity contribution in [3.05, 3.63) is 42.5 Å². The van der Waals surface area contributed by atoms with Gasteiger partial charge in [-0.15, -0.1) is 0 Å². The van der Waals surface area contributed by atoms with Crippen molar-refractivity contribution in [3.63, 3.8) is 0 Å². The Morgan fingerprint density at radius 2 is 1.90 bits per heavy atom. The van der Waals surface area contributed by atoms with E-state index >= 15 is 0 Å². The highest BCUT2D eigenvalue weighted by molar-refractivity contribution is 6.02. The summed E-state index contributed by atoms with van der Waals surface area (Å²) < 4.78 is 5.09. The van der Waals surface area contributed by atoms with Gasteiger partial charge in [0.25, 0.3) is 5.91 Å². The highest BCUT2D eigenvalue weighted by atomic mass is 16.3. The molecule has 154 valence electrons. The summed E-state index contributed by atoms with van der Waals surface area (Å²) in [5, 5.41) is 2.77. The van der Waals surface area contributed by atoms with Crippen LogP contribution >= 0.6 is 0 Å². The Morgan fingerprint density at radius 3 is 2.55 bits per heavy atom. The number of carbonyl (C=O) groups is 2. The van der Waals surface area contributed by atoms with Gasteiger partial charge in [-0.25, -0.2) is 4.98 Å². The van der Waals surface area contributed by atoms with E-state index < -0.39 is 0 Å². The Kier molecular flexibility index (Phi) is 6.12. The van der Waals surface area contributed by atoms with Crippen LogP contribution in [0.15, 0.2) is 41.1 Å². The topological polar surface area (TPSA) is 78.7 Å². The molecule has 2 fully saturated rings. The minimum Gasteiger partial charge on any atom is -0.459 e. The number of rotatable bonds is 6. The number of aromatic nitrogens is 1. The van der Waals surface area contributed by atoms with Crippen molar-refractivity contribution in [2.24, 2.45) is 5.92 Å². The second-order valence-corrected chi connectivity index (χ2v) is 7.89. The first-order valence-corrected chi connectivity index (χ1v) is 10.5. The molecule has 4 rings (SSSR count). The number of hydrogen-bond donors (Lipinski definition) is 1. The van der Waals surface area contributed by atoms with E-state index in [9.17, 15) is 9.59 Å². The second kappa shape index (κ2) is 9.11. The number of pyridine rings is 1. The van der Waals surface area contributed by atoms with E-state index in [1.54, 1.807) is 18.3 Å². The Labute approximate surface area is 171 Å². The molecule has 3 heterocycles. The predicted molar refractivity (Wildman–Crippen MR) is 111 cm³/mol. The molecule has 0 bridgehead atoms. The van der Waals surface area contributed by atoms with E-state index in [2.05, 4.69) is 15.2 Å². The Bertz CT molecular complexity index is 805. The zero-order valence-electron chi connectivity index (χ0n) is 16.7. The van der Waals surface area contributed by atoms with Crippen molar-refractivity contribution in [1.29, 1.82) is 0 Å². The van der Waals surface area contributed by atoms with Crippen LogP contribution in [-0.4, -0.2) is 47.9 Å². The van der Waals surface area contributed by atoms with Crippen LogP contribution in [0.3, 0.4) is 0 Å². The lowest BCUT2D eigenvalue weighted by atomic mass is 10.0. The Hall–Kier alpha value is -2.83. The van der Waals surface area contributed by atoms with Gasteiger partial charge in [-0.3, -0.25) is 9.59 Å². The van der Waals surface area contributed by atoms with E-state index in [0.29, 0.717) is 18.0 Å². The van der Waals surface area contributed by atoms with Gasteiger partial charge >= 0.3 is 0 Å². The van der Waals surface area contributed by atoms with E-state index in [1.165, 1.54) is 31.9 Å². The summed E-state index contributed by atoms with van der Waals surface area (Å²) in [5.41, 5.74) is 0.621. The van der Waals surface area contributed by atoms with Crippen LogP contribution in [-0.2, 0) is 4.79 Å². The third-order valence-electron chi connectivity index (χ3n) is 5.95. The summed E-state index contributed by atoms with van der Waals surface area (Å²) in [7, 11) is 0. The molecular weight excluding hydrogens is 368 g/mol. The molecule has 0 atom stereocenters. The van der Waals surface area contributed by atoms with Crippen molar-refractivity contribution in [2.75, 3.05) is 36.4 Å². The van der Waals surface area contributed by atoms with Crippen LogP contribution in [0.4, 0.5) is 11.5 Å². The SMILES string of the molecule is O=C(Nc1ccc(N2CCN(C(=O)CCC3CCCC3)CC2)nc1)c1ccco1. The average Bonchev–Trinajstić information content (AvgIpc) is 3.47. The fourth-order valence-electron chi connectivity index (χ4n) is 4.22. The van der Waals surface area contributed by atoms with Crippen LogP contribution in [0, 0.1) is 5.92 Å². The molecule has 2 aromatic heterocycles. The highest BCUT2D eigenvalue weighted by Gasteiger charge is 2.23. The van der Waals surface area contributed by atoms with Gasteiger partial charge in [0.2, 0.25) is 5.91 Å². The van der Waals surface area contributed by atoms with Gasteiger partial charge in [-0.1, -0.05) is 25.7 Å². The molecule has 7 heteroatoms. The fourth-order valence-corrected chi connectivity index (χ4v) is 4.22. The number of carbonyl (C=O) groups excluding carboxylic acids is 2. The van der Waals surface area contributed by atoms with E-state index in [-0.39, 0.29) is 11.7 Å². The van der Waals surface area contributed by atoms with Crippen LogP contribution in [0.1, 0.15) is 49.1 Å². The summed E-state index contributed by atoms with van der Waals surface area (Å²) in [6.07, 6.45) is 10.1. The zero-order valence-corrected chi connectivity index (χ0v) is 16.7. The van der Waals surface area contributed by atoms with E-state index in [0.717, 1.165) is 44.3 Å². The molecule has 1 N–H and O–H groups in total. The lowest BCUT2D eigenvalue weighted by Crippen LogP contribution is -2.49. The lowest BCUT2D eigenvalue weighted by molar-refractivity contribution is -0.131. The zero-order chi connectivity index (χ0) is 20.1. The van der Waals surface area contributed by atoms with Crippen molar-refractivity contribution in [1.82, 2.24) is 9.88 Å². The molecule has 1 saturated heterocycles. The first kappa shape index (κ1) is 19.5. The number of amides is 2. The molecule has 0 radical (unpaired) electrons. The monoisotopic (exact) mass is 396 g/mol. The number of piperazine rings is 1. The summed E-state index contributed by atoms with van der Waals surface area (Å²) in [6.45, 7) is 3.03. The van der Waals surface area contributed by atoms with Gasteiger partial charge in [0.05, 0.1) is 18.1 Å². The van der Waals surface area contributed by atoms with Crippen molar-refractivity contribution in [2.45, 2.75) is 38.5 Å². The largest absolute Gasteiger partial charge is 0.459 e. The lowest BCUT2D eigenvalue weighted by Gasteiger charge is -2.35. The molecule has 1 aliphatic carbocycles. The summed E-state index contributed by atoms with van der Waals surface area (Å²) >= 11 is 0. The quantitative estimate of drug-likeness (QED) is 0.808. The number of nitrogens with zero attached hydrogens (tertiary/aromatic N) is 3. The van der Waals surface area contributed by atoms with Crippen molar-refractivity contribution >= 4 is 23.3 Å². The Morgan fingerprint density at radius 1 is 1.10 bits per heavy atom. The maximum atomic E-state index is 12.5. The Balaban J connectivity index is 1.24. The van der Waals surface area contributed by atoms with Gasteiger partial charge in [-0.05, 0) is 36.6 Å². The standard InChI is InChI=1S/C22H28N4O3/c27-21(10-7-17-4-1-2-5-17)26-13-11-25(12-14-26)20-9-8-18(16-23-20)24-22(28)19-6-3-15-29-19/h3,6,8-9,15-17H,1-2,4-5,7,10-14H2,(H,24,28). The van der Waals surface area contributed by atoms with Gasteiger partial charge in [0.15, 0.2) is 5.76 Å². The molecule has 29 heavy (non-hydrogen) atoms. The molecule has 7 nitrogen and oxygen atoms in total. The van der Waals surface area contributed by atoms with Gasteiger partial charge in [0.1, 0.15) is 5.82 Å². The van der Waals surface area contributed by atoms with Crippen LogP contribution in [0.2, 0.25) is 0 Å². The predicted octanol–water partition coefficient (Wildman–Crippen LogP) is 3.55. The summed E-state index contributed by atoms with van der Waals surface area (Å²) in [4.78, 5) is 33.1. The van der Waals surface area contributed by atoms with Gasteiger partial charge < -0.3 is 19.5 Å². The van der Waals surface area contributed by atoms with Gasteiger partial charge in [-0.2, -0.15) is 0 Å². The van der Waals surface area contributed by atoms with E-state index in [4.69, 9.17) is 4.42 Å². The maximum absolute atomic E-state index is 12.5. The van der Waals surface area contributed by atoms with Crippen LogP contribution in [0.5, 0.6) is 0 Å². The molecular formula is C22H28N4O3. The molecule has 0 aromatic carbocycles. The minimum absolute atomic E-state index is 0.266. The smallest absolute Gasteiger partial charge is 0.291 e. The number of nitrogens with one attached hydrogen (secondary N) is 1. The minimum atomic E-state index is -0.297. The highest BCUT2D eigenvalue weighted by Crippen LogP contribution is 2.28. The first-order chi connectivity index (χ1) is 14.2. The third-order valence-corrected chi connectivity index (χ3v) is 5.95. The van der Waals surface area contributed by atoms with Crippen LogP contribution < -0.4 is 10.2 Å². The molecule has 0 spiro atoms. The summed E-state index contributed by atoms with van der Waals surface area (Å²) in [5.74, 6) is 1.88. The normalized spacial score (nSPS) is 17.5. The fraction of sp³-hybridized carbons (Fsp3) is 0.500. The number of hydrogen-bond acceptors (Lipinski definition) is 5. The van der Waals surface area contributed by atoms with Crippen molar-refractivity contribution < 1.29 is 14.0 Å². The number of anilines is 2. The first-order valence-electron chi connectivity index (χ1n) is 10.5. The summed E-state index contributed by atoms with van der Waals surface area (Å²) in [6, 6.07) is 7.03. The van der Waals surface area contributed by atoms with Gasteiger partial charge in [0, 0.05) is 32.6 Å². The molecule has 1 aliphatic heterocycles. The van der Waals surface area contributed by atoms with Crippen LogP contribution in [0.25, 0.3) is 0 Å².